The van der Waals surface area contributed by atoms with Gasteiger partial charge in [0.2, 0.25) is 0 Å². The number of anilines is 1. The molecule has 2 unspecified atom stereocenters. The maximum atomic E-state index is 12.2. The zero-order valence-electron chi connectivity index (χ0n) is 12.5. The van der Waals surface area contributed by atoms with Crippen LogP contribution in [-0.4, -0.2) is 44.2 Å². The minimum absolute atomic E-state index is 0.0912. The molecule has 1 aromatic carbocycles. The Bertz CT molecular complexity index is 532. The zero-order valence-corrected chi connectivity index (χ0v) is 12.5. The molecule has 0 aliphatic carbocycles. The third-order valence-electron chi connectivity index (χ3n) is 3.72. The van der Waals surface area contributed by atoms with Gasteiger partial charge in [-0.05, 0) is 18.1 Å². The molecule has 2 rings (SSSR count). The highest BCUT2D eigenvalue weighted by atomic mass is 16.5. The second-order valence-electron chi connectivity index (χ2n) is 5.17. The number of methoxy groups -OCH3 is 2. The van der Waals surface area contributed by atoms with Crippen molar-refractivity contribution in [1.29, 1.82) is 0 Å². The molecule has 1 fully saturated rings. The summed E-state index contributed by atoms with van der Waals surface area (Å²) in [4.78, 5) is 25.5. The number of hydrogen-bond donors (Lipinski definition) is 1. The van der Waals surface area contributed by atoms with E-state index in [1.165, 1.54) is 7.11 Å². The van der Waals surface area contributed by atoms with Gasteiger partial charge in [0.1, 0.15) is 5.75 Å². The zero-order chi connectivity index (χ0) is 15.4. The van der Waals surface area contributed by atoms with Crippen LogP contribution in [0.2, 0.25) is 0 Å². The lowest BCUT2D eigenvalue weighted by atomic mass is 9.99. The molecule has 0 saturated carbocycles. The summed E-state index contributed by atoms with van der Waals surface area (Å²) in [5.41, 5.74) is 0.661. The number of likely N-dealkylation sites (tertiary alicyclic amines) is 1. The summed E-state index contributed by atoms with van der Waals surface area (Å²) in [6.45, 7) is 2.86. The first kappa shape index (κ1) is 15.2. The van der Waals surface area contributed by atoms with Gasteiger partial charge in [-0.2, -0.15) is 0 Å². The lowest BCUT2D eigenvalue weighted by molar-refractivity contribution is -0.145. The minimum atomic E-state index is -0.265. The molecule has 6 nitrogen and oxygen atoms in total. The van der Waals surface area contributed by atoms with Gasteiger partial charge in [-0.3, -0.25) is 4.79 Å². The largest absolute Gasteiger partial charge is 0.497 e. The maximum absolute atomic E-state index is 12.2. The average molecular weight is 292 g/mol. The molecule has 1 aliphatic rings. The quantitative estimate of drug-likeness (QED) is 0.865. The van der Waals surface area contributed by atoms with Crippen LogP contribution in [0.25, 0.3) is 0 Å². The van der Waals surface area contributed by atoms with Crippen molar-refractivity contribution in [3.63, 3.8) is 0 Å². The fourth-order valence-electron chi connectivity index (χ4n) is 2.49. The summed E-state index contributed by atoms with van der Waals surface area (Å²) < 4.78 is 9.88. The molecule has 0 bridgehead atoms. The molecule has 1 aliphatic heterocycles. The van der Waals surface area contributed by atoms with Crippen molar-refractivity contribution < 1.29 is 19.1 Å². The summed E-state index contributed by atoms with van der Waals surface area (Å²) in [6.07, 6.45) is 0. The van der Waals surface area contributed by atoms with Gasteiger partial charge in [-0.15, -0.1) is 0 Å². The van der Waals surface area contributed by atoms with Gasteiger partial charge < -0.3 is 19.7 Å². The van der Waals surface area contributed by atoms with E-state index in [-0.39, 0.29) is 23.8 Å². The Morgan fingerprint density at radius 1 is 1.29 bits per heavy atom. The fourth-order valence-corrected chi connectivity index (χ4v) is 2.49. The molecule has 1 saturated heterocycles. The van der Waals surface area contributed by atoms with Gasteiger partial charge in [-0.1, -0.05) is 13.0 Å². The Kier molecular flexibility index (Phi) is 4.67. The molecule has 0 aromatic heterocycles. The minimum Gasteiger partial charge on any atom is -0.497 e. The number of ether oxygens (including phenoxy) is 2. The van der Waals surface area contributed by atoms with Crippen LogP contribution in [0.5, 0.6) is 5.75 Å². The summed E-state index contributed by atoms with van der Waals surface area (Å²) in [5.74, 6) is 0.244. The summed E-state index contributed by atoms with van der Waals surface area (Å²) in [5, 5.41) is 2.81. The highest BCUT2D eigenvalue weighted by Gasteiger charge is 2.37. The predicted octanol–water partition coefficient (Wildman–Crippen LogP) is 1.97. The van der Waals surface area contributed by atoms with E-state index >= 15 is 0 Å². The normalized spacial score (nSPS) is 21.0. The van der Waals surface area contributed by atoms with Crippen molar-refractivity contribution in [2.75, 3.05) is 32.6 Å². The van der Waals surface area contributed by atoms with Gasteiger partial charge in [0, 0.05) is 24.8 Å². The lowest BCUT2D eigenvalue weighted by Crippen LogP contribution is -2.34. The molecule has 1 heterocycles. The van der Waals surface area contributed by atoms with Gasteiger partial charge in [0.25, 0.3) is 0 Å². The molecule has 1 aromatic rings. The number of amides is 2. The van der Waals surface area contributed by atoms with Crippen molar-refractivity contribution in [3.05, 3.63) is 24.3 Å². The number of carbonyl (C=O) groups is 2. The van der Waals surface area contributed by atoms with Gasteiger partial charge in [0.05, 0.1) is 20.1 Å². The van der Waals surface area contributed by atoms with Crippen LogP contribution in [-0.2, 0) is 9.53 Å². The van der Waals surface area contributed by atoms with Crippen LogP contribution in [0.4, 0.5) is 10.5 Å². The Morgan fingerprint density at radius 3 is 2.71 bits per heavy atom. The molecule has 0 spiro atoms. The first-order valence-corrected chi connectivity index (χ1v) is 6.83. The van der Waals surface area contributed by atoms with E-state index in [4.69, 9.17) is 9.47 Å². The summed E-state index contributed by atoms with van der Waals surface area (Å²) >= 11 is 0. The van der Waals surface area contributed by atoms with Crippen LogP contribution in [0, 0.1) is 11.8 Å². The molecule has 2 atom stereocenters. The molecular formula is C15H20N2O4. The molecule has 114 valence electrons. The maximum Gasteiger partial charge on any atom is 0.321 e. The number of nitrogens with one attached hydrogen (secondary N) is 1. The third kappa shape index (κ3) is 3.45. The van der Waals surface area contributed by atoms with Crippen LogP contribution >= 0.6 is 0 Å². The molecule has 0 radical (unpaired) electrons. The topological polar surface area (TPSA) is 67.9 Å². The smallest absolute Gasteiger partial charge is 0.321 e. The predicted molar refractivity (Wildman–Crippen MR) is 78.3 cm³/mol. The number of carbonyl (C=O) groups excluding carboxylic acids is 2. The number of rotatable bonds is 3. The Balaban J connectivity index is 1.99. The van der Waals surface area contributed by atoms with Crippen LogP contribution < -0.4 is 10.1 Å². The van der Waals surface area contributed by atoms with E-state index in [9.17, 15) is 9.59 Å². The summed E-state index contributed by atoms with van der Waals surface area (Å²) in [6, 6.07) is 6.92. The Labute approximate surface area is 124 Å². The molecule has 21 heavy (non-hydrogen) atoms. The molecule has 6 heteroatoms. The van der Waals surface area contributed by atoms with Crippen molar-refractivity contribution in [2.24, 2.45) is 11.8 Å². The van der Waals surface area contributed by atoms with Gasteiger partial charge in [0.15, 0.2) is 0 Å². The van der Waals surface area contributed by atoms with Crippen molar-refractivity contribution >= 4 is 17.7 Å². The number of esters is 1. The monoisotopic (exact) mass is 292 g/mol. The third-order valence-corrected chi connectivity index (χ3v) is 3.72. The van der Waals surface area contributed by atoms with Gasteiger partial charge >= 0.3 is 12.0 Å². The van der Waals surface area contributed by atoms with Crippen LogP contribution in [0.3, 0.4) is 0 Å². The molecule has 2 amide bonds. The first-order valence-electron chi connectivity index (χ1n) is 6.83. The number of hydrogen-bond acceptors (Lipinski definition) is 4. The Morgan fingerprint density at radius 2 is 2.05 bits per heavy atom. The first-order chi connectivity index (χ1) is 10.0. The number of urea groups is 1. The second-order valence-corrected chi connectivity index (χ2v) is 5.17. The van der Waals surface area contributed by atoms with E-state index in [0.717, 1.165) is 0 Å². The summed E-state index contributed by atoms with van der Waals surface area (Å²) in [7, 11) is 2.94. The molecule has 1 N–H and O–H groups in total. The standard InChI is InChI=1S/C15H20N2O4/c1-10-8-17(9-13(10)14(18)21-3)15(19)16-11-5-4-6-12(7-11)20-2/h4-7,10,13H,8-9H2,1-3H3,(H,16,19). The highest BCUT2D eigenvalue weighted by molar-refractivity contribution is 5.90. The van der Waals surface area contributed by atoms with Crippen molar-refractivity contribution in [2.45, 2.75) is 6.92 Å². The van der Waals surface area contributed by atoms with E-state index in [2.05, 4.69) is 5.32 Å². The lowest BCUT2D eigenvalue weighted by Gasteiger charge is -2.17. The number of nitrogens with zero attached hydrogens (tertiary/aromatic N) is 1. The van der Waals surface area contributed by atoms with Crippen LogP contribution in [0.1, 0.15) is 6.92 Å². The fraction of sp³-hybridized carbons (Fsp3) is 0.467. The average Bonchev–Trinajstić information content (AvgIpc) is 2.88. The van der Waals surface area contributed by atoms with E-state index < -0.39 is 0 Å². The van der Waals surface area contributed by atoms with E-state index in [1.54, 1.807) is 36.3 Å². The Hall–Kier alpha value is -2.24. The van der Waals surface area contributed by atoms with E-state index in [0.29, 0.717) is 24.5 Å². The highest BCUT2D eigenvalue weighted by Crippen LogP contribution is 2.25. The van der Waals surface area contributed by atoms with Crippen molar-refractivity contribution in [3.8, 4) is 5.75 Å². The van der Waals surface area contributed by atoms with Gasteiger partial charge in [-0.25, -0.2) is 4.79 Å². The number of benzene rings is 1. The van der Waals surface area contributed by atoms with Crippen molar-refractivity contribution in [1.82, 2.24) is 4.90 Å². The van der Waals surface area contributed by atoms with E-state index in [1.807, 2.05) is 6.92 Å². The second kappa shape index (κ2) is 6.47. The SMILES string of the molecule is COC(=O)C1CN(C(=O)Nc2cccc(OC)c2)CC1C. The van der Waals surface area contributed by atoms with Crippen LogP contribution in [0.15, 0.2) is 24.3 Å². The molecular weight excluding hydrogens is 272 g/mol.